The quantitative estimate of drug-likeness (QED) is 0.885. The predicted molar refractivity (Wildman–Crippen MR) is 82.0 cm³/mol. The van der Waals surface area contributed by atoms with Gasteiger partial charge in [0.2, 0.25) is 0 Å². The second kappa shape index (κ2) is 7.20. The Morgan fingerprint density at radius 2 is 1.85 bits per heavy atom. The molecule has 0 fully saturated rings. The van der Waals surface area contributed by atoms with Crippen molar-refractivity contribution in [1.82, 2.24) is 5.32 Å². The minimum Gasteiger partial charge on any atom is -0.387 e. The number of rotatable bonds is 5. The first-order chi connectivity index (χ1) is 9.70. The summed E-state index contributed by atoms with van der Waals surface area (Å²) in [5, 5.41) is 22.0. The van der Waals surface area contributed by atoms with Crippen LogP contribution in [-0.4, -0.2) is 11.7 Å². The smallest absolute Gasteiger partial charge is 0.0991 e. The molecule has 2 aromatic carbocycles. The van der Waals surface area contributed by atoms with Gasteiger partial charge in [-0.2, -0.15) is 5.26 Å². The highest BCUT2D eigenvalue weighted by Crippen LogP contribution is 2.16. The molecular weight excluding hydrogens is 316 g/mol. The van der Waals surface area contributed by atoms with E-state index >= 15 is 0 Å². The van der Waals surface area contributed by atoms with Crippen molar-refractivity contribution >= 4 is 15.9 Å². The average Bonchev–Trinajstić information content (AvgIpc) is 2.49. The molecule has 3 nitrogen and oxygen atoms in total. The van der Waals surface area contributed by atoms with E-state index in [4.69, 9.17) is 5.26 Å². The number of hydrogen-bond acceptors (Lipinski definition) is 3. The van der Waals surface area contributed by atoms with E-state index in [9.17, 15) is 5.11 Å². The van der Waals surface area contributed by atoms with Gasteiger partial charge in [-0.05, 0) is 29.3 Å². The Morgan fingerprint density at radius 1 is 1.15 bits per heavy atom. The first-order valence-corrected chi connectivity index (χ1v) is 7.12. The molecule has 0 amide bonds. The predicted octanol–water partition coefficient (Wildman–Crippen LogP) is 3.14. The summed E-state index contributed by atoms with van der Waals surface area (Å²) in [6.45, 7) is 1.15. The van der Waals surface area contributed by atoms with Gasteiger partial charge in [0.25, 0.3) is 0 Å². The molecule has 0 saturated heterocycles. The van der Waals surface area contributed by atoms with Crippen molar-refractivity contribution in [3.05, 3.63) is 69.7 Å². The van der Waals surface area contributed by atoms with Crippen molar-refractivity contribution in [3.63, 3.8) is 0 Å². The molecule has 2 rings (SSSR count). The van der Waals surface area contributed by atoms with E-state index in [1.807, 2.05) is 24.3 Å². The fraction of sp³-hybridized carbons (Fsp3) is 0.188. The summed E-state index contributed by atoms with van der Waals surface area (Å²) in [7, 11) is 0. The van der Waals surface area contributed by atoms with E-state index in [0.717, 1.165) is 15.6 Å². The minimum absolute atomic E-state index is 0.466. The molecular formula is C16H15BrN2O. The van der Waals surface area contributed by atoms with E-state index in [1.54, 1.807) is 24.3 Å². The normalized spacial score (nSPS) is 11.8. The molecule has 0 bridgehead atoms. The summed E-state index contributed by atoms with van der Waals surface area (Å²) >= 11 is 3.49. The average molecular weight is 331 g/mol. The Morgan fingerprint density at radius 3 is 2.50 bits per heavy atom. The summed E-state index contributed by atoms with van der Waals surface area (Å²) in [5.74, 6) is 0. The number of hydrogen-bond donors (Lipinski definition) is 2. The van der Waals surface area contributed by atoms with Crippen molar-refractivity contribution in [1.29, 1.82) is 5.26 Å². The Hall–Kier alpha value is -1.67. The molecule has 1 atom stereocenters. The summed E-state index contributed by atoms with van der Waals surface area (Å²) in [4.78, 5) is 0. The van der Waals surface area contributed by atoms with Crippen LogP contribution in [0.25, 0.3) is 0 Å². The zero-order valence-corrected chi connectivity index (χ0v) is 12.5. The summed E-state index contributed by atoms with van der Waals surface area (Å²) in [6, 6.07) is 17.0. The summed E-state index contributed by atoms with van der Waals surface area (Å²) in [6.07, 6.45) is -0.578. The highest BCUT2D eigenvalue weighted by atomic mass is 79.9. The lowest BCUT2D eigenvalue weighted by atomic mass is 10.1. The molecule has 0 aliphatic carbocycles. The molecule has 20 heavy (non-hydrogen) atoms. The van der Waals surface area contributed by atoms with Gasteiger partial charge in [-0.3, -0.25) is 0 Å². The van der Waals surface area contributed by atoms with E-state index < -0.39 is 6.10 Å². The van der Waals surface area contributed by atoms with Gasteiger partial charge in [0.1, 0.15) is 0 Å². The van der Waals surface area contributed by atoms with Crippen LogP contribution in [0, 0.1) is 11.3 Å². The third-order valence-corrected chi connectivity index (χ3v) is 3.81. The highest BCUT2D eigenvalue weighted by Gasteiger charge is 2.07. The molecule has 4 heteroatoms. The van der Waals surface area contributed by atoms with Gasteiger partial charge in [-0.15, -0.1) is 0 Å². The molecule has 0 heterocycles. The van der Waals surface area contributed by atoms with E-state index in [-0.39, 0.29) is 0 Å². The van der Waals surface area contributed by atoms with Gasteiger partial charge in [0.05, 0.1) is 17.7 Å². The van der Waals surface area contributed by atoms with E-state index in [1.165, 1.54) is 0 Å². The molecule has 0 aliphatic rings. The first kappa shape index (κ1) is 14.7. The second-order valence-corrected chi connectivity index (χ2v) is 5.33. The number of aliphatic hydroxyl groups is 1. The van der Waals surface area contributed by atoms with Crippen molar-refractivity contribution in [2.24, 2.45) is 0 Å². The summed E-state index contributed by atoms with van der Waals surface area (Å²) in [5.41, 5.74) is 2.56. The first-order valence-electron chi connectivity index (χ1n) is 6.33. The molecule has 0 spiro atoms. The number of halogens is 1. The van der Waals surface area contributed by atoms with E-state index in [2.05, 4.69) is 27.3 Å². The highest BCUT2D eigenvalue weighted by molar-refractivity contribution is 9.10. The zero-order valence-electron chi connectivity index (χ0n) is 10.9. The number of aliphatic hydroxyl groups excluding tert-OH is 1. The molecule has 0 radical (unpaired) electrons. The summed E-state index contributed by atoms with van der Waals surface area (Å²) < 4.78 is 1.06. The third-order valence-electron chi connectivity index (χ3n) is 3.04. The van der Waals surface area contributed by atoms with Crippen LogP contribution in [0.5, 0.6) is 0 Å². The number of benzene rings is 2. The fourth-order valence-corrected chi connectivity index (χ4v) is 2.31. The lowest BCUT2D eigenvalue weighted by molar-refractivity contribution is 0.174. The van der Waals surface area contributed by atoms with Gasteiger partial charge in [-0.1, -0.05) is 46.3 Å². The molecule has 0 saturated carbocycles. The standard InChI is InChI=1S/C16H15BrN2O/c17-15-4-2-1-3-14(15)10-19-11-16(20)13-7-5-12(9-18)6-8-13/h1-8,16,19-20H,10-11H2. The third kappa shape index (κ3) is 3.91. The lowest BCUT2D eigenvalue weighted by Gasteiger charge is -2.13. The second-order valence-electron chi connectivity index (χ2n) is 4.47. The maximum Gasteiger partial charge on any atom is 0.0991 e. The fourth-order valence-electron chi connectivity index (χ4n) is 1.88. The van der Waals surface area contributed by atoms with Crippen LogP contribution in [0.1, 0.15) is 22.8 Å². The van der Waals surface area contributed by atoms with Gasteiger partial charge in [-0.25, -0.2) is 0 Å². The molecule has 102 valence electrons. The topological polar surface area (TPSA) is 56.0 Å². The maximum absolute atomic E-state index is 10.1. The SMILES string of the molecule is N#Cc1ccc(C(O)CNCc2ccccc2Br)cc1. The zero-order chi connectivity index (χ0) is 14.4. The minimum atomic E-state index is -0.578. The number of nitrogens with zero attached hydrogens (tertiary/aromatic N) is 1. The van der Waals surface area contributed by atoms with Crippen molar-refractivity contribution < 1.29 is 5.11 Å². The van der Waals surface area contributed by atoms with E-state index in [0.29, 0.717) is 18.7 Å². The van der Waals surface area contributed by atoms with Crippen LogP contribution < -0.4 is 5.32 Å². The van der Waals surface area contributed by atoms with Crippen LogP contribution in [0.15, 0.2) is 53.0 Å². The Bertz CT molecular complexity index is 605. The molecule has 0 aliphatic heterocycles. The van der Waals surface area contributed by atoms with Crippen molar-refractivity contribution in [3.8, 4) is 6.07 Å². The molecule has 0 aromatic heterocycles. The molecule has 2 aromatic rings. The molecule has 2 N–H and O–H groups in total. The Kier molecular flexibility index (Phi) is 5.31. The number of nitrogens with one attached hydrogen (secondary N) is 1. The van der Waals surface area contributed by atoms with Gasteiger partial charge in [0.15, 0.2) is 0 Å². The van der Waals surface area contributed by atoms with Crippen LogP contribution in [-0.2, 0) is 6.54 Å². The Labute approximate surface area is 127 Å². The van der Waals surface area contributed by atoms with Gasteiger partial charge >= 0.3 is 0 Å². The van der Waals surface area contributed by atoms with Crippen molar-refractivity contribution in [2.45, 2.75) is 12.6 Å². The largest absolute Gasteiger partial charge is 0.387 e. The van der Waals surface area contributed by atoms with Crippen LogP contribution >= 0.6 is 15.9 Å². The van der Waals surface area contributed by atoms with Crippen LogP contribution in [0.4, 0.5) is 0 Å². The monoisotopic (exact) mass is 330 g/mol. The lowest BCUT2D eigenvalue weighted by Crippen LogP contribution is -2.21. The Balaban J connectivity index is 1.87. The molecule has 1 unspecified atom stereocenters. The van der Waals surface area contributed by atoms with Gasteiger partial charge < -0.3 is 10.4 Å². The van der Waals surface area contributed by atoms with Crippen LogP contribution in [0.2, 0.25) is 0 Å². The van der Waals surface area contributed by atoms with Gasteiger partial charge in [0, 0.05) is 17.6 Å². The van der Waals surface area contributed by atoms with Crippen molar-refractivity contribution in [2.75, 3.05) is 6.54 Å². The number of nitriles is 1. The van der Waals surface area contributed by atoms with Crippen LogP contribution in [0.3, 0.4) is 0 Å². The maximum atomic E-state index is 10.1.